The summed E-state index contributed by atoms with van der Waals surface area (Å²) in [4.78, 5) is 24.1. The lowest BCUT2D eigenvalue weighted by Gasteiger charge is -2.12. The summed E-state index contributed by atoms with van der Waals surface area (Å²) < 4.78 is 1.02. The third kappa shape index (κ3) is 4.53. The van der Waals surface area contributed by atoms with Gasteiger partial charge in [0.2, 0.25) is 0 Å². The largest absolute Gasteiger partial charge is 0.255 e. The Balaban J connectivity index is 1.25. The Kier molecular flexibility index (Phi) is 6.20. The monoisotopic (exact) mass is 615 g/mol. The fourth-order valence-electron chi connectivity index (χ4n) is 5.59. The predicted molar refractivity (Wildman–Crippen MR) is 177 cm³/mol. The van der Waals surface area contributed by atoms with Crippen molar-refractivity contribution < 1.29 is 0 Å². The lowest BCUT2D eigenvalue weighted by atomic mass is 9.96. The second-order valence-electron chi connectivity index (χ2n) is 10.3. The molecule has 0 atom stereocenters. The van der Waals surface area contributed by atoms with E-state index in [1.807, 2.05) is 79.1 Å². The van der Waals surface area contributed by atoms with Crippen molar-refractivity contribution in [2.45, 2.75) is 0 Å². The SMILES string of the molecule is Brc1ccnc2c1ccc1ccc3c(-c4ccc(-c5nc(-c6ccccc6)nc(-c6ccccc6)n5)cc4)ccnc3c12. The zero-order chi connectivity index (χ0) is 28.8. The van der Waals surface area contributed by atoms with Crippen molar-refractivity contribution in [2.24, 2.45) is 0 Å². The number of nitrogens with zero attached hydrogens (tertiary/aromatic N) is 5. The van der Waals surface area contributed by atoms with Crippen molar-refractivity contribution in [1.29, 1.82) is 0 Å². The molecule has 0 saturated heterocycles. The van der Waals surface area contributed by atoms with E-state index in [4.69, 9.17) is 24.9 Å². The Morgan fingerprint density at radius 1 is 0.419 bits per heavy atom. The van der Waals surface area contributed by atoms with Crippen molar-refractivity contribution in [3.63, 3.8) is 0 Å². The fourth-order valence-corrected chi connectivity index (χ4v) is 6.03. The van der Waals surface area contributed by atoms with Crippen LogP contribution in [-0.2, 0) is 0 Å². The molecule has 0 unspecified atom stereocenters. The van der Waals surface area contributed by atoms with E-state index in [2.05, 4.69) is 70.5 Å². The van der Waals surface area contributed by atoms with Gasteiger partial charge in [0, 0.05) is 49.7 Å². The lowest BCUT2D eigenvalue weighted by Crippen LogP contribution is -2.00. The van der Waals surface area contributed by atoms with E-state index < -0.39 is 0 Å². The van der Waals surface area contributed by atoms with E-state index in [0.29, 0.717) is 17.5 Å². The molecule has 3 heterocycles. The van der Waals surface area contributed by atoms with E-state index in [1.165, 1.54) is 0 Å². The van der Waals surface area contributed by atoms with E-state index in [1.54, 1.807) is 0 Å². The molecule has 0 aliphatic carbocycles. The molecule has 0 amide bonds. The summed E-state index contributed by atoms with van der Waals surface area (Å²) in [6.45, 7) is 0. The third-order valence-corrected chi connectivity index (χ3v) is 8.39. The Morgan fingerprint density at radius 2 is 0.907 bits per heavy atom. The average molecular weight is 617 g/mol. The Labute approximate surface area is 256 Å². The van der Waals surface area contributed by atoms with Crippen molar-refractivity contribution in [3.05, 3.63) is 138 Å². The minimum absolute atomic E-state index is 0.632. The highest BCUT2D eigenvalue weighted by Crippen LogP contribution is 2.37. The Hall–Kier alpha value is -5.33. The summed E-state index contributed by atoms with van der Waals surface area (Å²) in [7, 11) is 0. The van der Waals surface area contributed by atoms with E-state index in [-0.39, 0.29) is 0 Å². The zero-order valence-electron chi connectivity index (χ0n) is 22.8. The number of benzene rings is 5. The summed E-state index contributed by atoms with van der Waals surface area (Å²) in [5, 5.41) is 4.32. The van der Waals surface area contributed by atoms with Gasteiger partial charge < -0.3 is 0 Å². The first-order chi connectivity index (χ1) is 21.2. The molecule has 0 aliphatic heterocycles. The minimum atomic E-state index is 0.632. The van der Waals surface area contributed by atoms with E-state index in [0.717, 1.165) is 64.9 Å². The van der Waals surface area contributed by atoms with Gasteiger partial charge in [-0.2, -0.15) is 0 Å². The van der Waals surface area contributed by atoms with Gasteiger partial charge >= 0.3 is 0 Å². The van der Waals surface area contributed by atoms with Crippen molar-refractivity contribution in [3.8, 4) is 45.3 Å². The number of hydrogen-bond donors (Lipinski definition) is 0. The van der Waals surface area contributed by atoms with Crippen LogP contribution in [-0.4, -0.2) is 24.9 Å². The Morgan fingerprint density at radius 3 is 1.51 bits per heavy atom. The third-order valence-electron chi connectivity index (χ3n) is 7.70. The molecule has 0 radical (unpaired) electrons. The van der Waals surface area contributed by atoms with Crippen LogP contribution in [0.25, 0.3) is 77.9 Å². The number of pyridine rings is 2. The van der Waals surface area contributed by atoms with Crippen LogP contribution in [0.2, 0.25) is 0 Å². The van der Waals surface area contributed by atoms with Gasteiger partial charge in [-0.25, -0.2) is 15.0 Å². The summed E-state index contributed by atoms with van der Waals surface area (Å²) in [5.74, 6) is 1.92. The first kappa shape index (κ1) is 25.4. The van der Waals surface area contributed by atoms with Crippen LogP contribution in [0.5, 0.6) is 0 Å². The van der Waals surface area contributed by atoms with Gasteiger partial charge in [0.15, 0.2) is 17.5 Å². The quantitative estimate of drug-likeness (QED) is 0.184. The minimum Gasteiger partial charge on any atom is -0.255 e. The molecule has 0 spiro atoms. The standard InChI is InChI=1S/C37H22BrN5/c38-31-20-22-40-34-30(31)18-16-24-15-17-29-28(19-21-39-33(29)32(24)34)23-11-13-27(14-12-23)37-42-35(25-7-3-1-4-8-25)41-36(43-37)26-9-5-2-6-10-26/h1-22H. The highest BCUT2D eigenvalue weighted by molar-refractivity contribution is 9.10. The number of aromatic nitrogens is 5. The molecule has 6 heteroatoms. The Bertz CT molecular complexity index is 2230. The molecule has 3 aromatic heterocycles. The number of halogens is 1. The molecule has 0 bridgehead atoms. The summed E-state index contributed by atoms with van der Waals surface area (Å²) >= 11 is 3.68. The van der Waals surface area contributed by atoms with Crippen LogP contribution in [0.3, 0.4) is 0 Å². The number of fused-ring (bicyclic) bond motifs is 5. The molecule has 5 aromatic carbocycles. The van der Waals surface area contributed by atoms with Crippen LogP contribution in [0, 0.1) is 0 Å². The number of hydrogen-bond acceptors (Lipinski definition) is 5. The van der Waals surface area contributed by atoms with Gasteiger partial charge in [0.25, 0.3) is 0 Å². The molecular weight excluding hydrogens is 594 g/mol. The summed E-state index contributed by atoms with van der Waals surface area (Å²) in [6.07, 6.45) is 3.72. The summed E-state index contributed by atoms with van der Waals surface area (Å²) in [5.41, 5.74) is 6.89. The number of rotatable bonds is 4. The van der Waals surface area contributed by atoms with Gasteiger partial charge in [-0.15, -0.1) is 0 Å². The lowest BCUT2D eigenvalue weighted by molar-refractivity contribution is 1.07. The van der Waals surface area contributed by atoms with Gasteiger partial charge in [-0.1, -0.05) is 125 Å². The van der Waals surface area contributed by atoms with E-state index in [9.17, 15) is 0 Å². The van der Waals surface area contributed by atoms with Crippen LogP contribution < -0.4 is 0 Å². The molecule has 0 saturated carbocycles. The van der Waals surface area contributed by atoms with Gasteiger partial charge in [-0.3, -0.25) is 9.97 Å². The maximum Gasteiger partial charge on any atom is 0.164 e. The van der Waals surface area contributed by atoms with E-state index >= 15 is 0 Å². The van der Waals surface area contributed by atoms with Crippen molar-refractivity contribution >= 4 is 48.5 Å². The molecule has 0 N–H and O–H groups in total. The van der Waals surface area contributed by atoms with Gasteiger partial charge in [0.05, 0.1) is 11.0 Å². The first-order valence-electron chi connectivity index (χ1n) is 14.0. The predicted octanol–water partition coefficient (Wildman–Crippen LogP) is 9.55. The molecule has 0 aliphatic rings. The molecule has 8 rings (SSSR count). The van der Waals surface area contributed by atoms with Crippen molar-refractivity contribution in [2.75, 3.05) is 0 Å². The smallest absolute Gasteiger partial charge is 0.164 e. The van der Waals surface area contributed by atoms with Gasteiger partial charge in [-0.05, 0) is 28.6 Å². The molecule has 8 aromatic rings. The highest BCUT2D eigenvalue weighted by atomic mass is 79.9. The second-order valence-corrected chi connectivity index (χ2v) is 11.1. The van der Waals surface area contributed by atoms with Gasteiger partial charge in [0.1, 0.15) is 0 Å². The highest BCUT2D eigenvalue weighted by Gasteiger charge is 2.15. The maximum absolute atomic E-state index is 4.88. The molecule has 202 valence electrons. The normalized spacial score (nSPS) is 11.4. The molecule has 43 heavy (non-hydrogen) atoms. The van der Waals surface area contributed by atoms with Crippen molar-refractivity contribution in [1.82, 2.24) is 24.9 Å². The zero-order valence-corrected chi connectivity index (χ0v) is 24.4. The molecular formula is C37H22BrN5. The first-order valence-corrected chi connectivity index (χ1v) is 14.7. The topological polar surface area (TPSA) is 64.5 Å². The van der Waals surface area contributed by atoms with Crippen LogP contribution >= 0.6 is 15.9 Å². The average Bonchev–Trinajstić information content (AvgIpc) is 3.08. The van der Waals surface area contributed by atoms with Crippen LogP contribution in [0.15, 0.2) is 138 Å². The maximum atomic E-state index is 4.88. The summed E-state index contributed by atoms with van der Waals surface area (Å²) in [6, 6.07) is 41.0. The second kappa shape index (κ2) is 10.5. The molecule has 0 fully saturated rings. The van der Waals surface area contributed by atoms with Crippen LogP contribution in [0.4, 0.5) is 0 Å². The molecule has 5 nitrogen and oxygen atoms in total. The van der Waals surface area contributed by atoms with Crippen LogP contribution in [0.1, 0.15) is 0 Å². The fraction of sp³-hybridized carbons (Fsp3) is 0.